The van der Waals surface area contributed by atoms with E-state index < -0.39 is 0 Å². The molecule has 0 spiro atoms. The first-order valence-electron chi connectivity index (χ1n) is 7.40. The minimum Gasteiger partial charge on any atom is -0.314 e. The zero-order chi connectivity index (χ0) is 14.7. The van der Waals surface area contributed by atoms with Gasteiger partial charge in [-0.25, -0.2) is 4.98 Å². The molecule has 1 aliphatic heterocycles. The zero-order valence-corrected chi connectivity index (χ0v) is 15.0. The van der Waals surface area contributed by atoms with E-state index in [9.17, 15) is 0 Å². The maximum absolute atomic E-state index is 6.15. The van der Waals surface area contributed by atoms with Gasteiger partial charge in [0.25, 0.3) is 0 Å². The minimum atomic E-state index is 0. The van der Waals surface area contributed by atoms with Crippen LogP contribution in [-0.2, 0) is 13.0 Å². The van der Waals surface area contributed by atoms with Gasteiger partial charge in [0, 0.05) is 48.3 Å². The summed E-state index contributed by atoms with van der Waals surface area (Å²) in [6.45, 7) is 6.19. The number of aromatic nitrogens is 1. The van der Waals surface area contributed by atoms with Crippen molar-refractivity contribution in [2.75, 3.05) is 19.6 Å². The summed E-state index contributed by atoms with van der Waals surface area (Å²) in [7, 11) is 0. The lowest BCUT2D eigenvalue weighted by atomic mass is 10.0. The number of rotatable bonds is 4. The number of hydrogen-bond donors (Lipinski definition) is 1. The molecule has 1 atom stereocenters. The first-order chi connectivity index (χ1) is 10.3. The van der Waals surface area contributed by atoms with Gasteiger partial charge in [-0.2, -0.15) is 0 Å². The number of thiazole rings is 1. The molecule has 1 aromatic carbocycles. The molecule has 1 aliphatic rings. The molecule has 2 heterocycles. The predicted octanol–water partition coefficient (Wildman–Crippen LogP) is 3.93. The third-order valence-electron chi connectivity index (χ3n) is 3.85. The lowest BCUT2D eigenvalue weighted by Gasteiger charge is -2.36. The van der Waals surface area contributed by atoms with Gasteiger partial charge in [0.15, 0.2) is 0 Å². The highest BCUT2D eigenvalue weighted by Gasteiger charge is 2.24. The van der Waals surface area contributed by atoms with Crippen LogP contribution >= 0.6 is 35.3 Å². The summed E-state index contributed by atoms with van der Waals surface area (Å²) in [5.74, 6) is 0. The molecule has 1 saturated heterocycles. The van der Waals surface area contributed by atoms with E-state index in [1.807, 2.05) is 29.7 Å². The molecule has 2 aromatic rings. The van der Waals surface area contributed by atoms with Crippen LogP contribution in [0.2, 0.25) is 5.02 Å². The molecular formula is C16H21Cl2N3S. The van der Waals surface area contributed by atoms with Crippen LogP contribution in [0.1, 0.15) is 28.4 Å². The largest absolute Gasteiger partial charge is 0.314 e. The van der Waals surface area contributed by atoms with Gasteiger partial charge < -0.3 is 5.32 Å². The predicted molar refractivity (Wildman–Crippen MR) is 96.2 cm³/mol. The van der Waals surface area contributed by atoms with Crippen molar-refractivity contribution in [3.8, 4) is 0 Å². The smallest absolute Gasteiger partial charge is 0.0925 e. The fourth-order valence-electron chi connectivity index (χ4n) is 2.76. The Morgan fingerprint density at radius 1 is 1.45 bits per heavy atom. The standard InChI is InChI=1S/C16H20ClN3S.ClH/c1-2-16-19-9-14(21-16)11-20-7-6-18-10-15(20)12-4-3-5-13(17)8-12;/h3-5,8-9,15,18H,2,6-7,10-11H2,1H3;1H. The Kier molecular flexibility index (Phi) is 6.66. The third-order valence-corrected chi connectivity index (χ3v) is 5.21. The zero-order valence-electron chi connectivity index (χ0n) is 12.6. The first kappa shape index (κ1) is 17.7. The fourth-order valence-corrected chi connectivity index (χ4v) is 3.85. The van der Waals surface area contributed by atoms with Gasteiger partial charge in [-0.3, -0.25) is 4.90 Å². The molecule has 3 rings (SSSR count). The van der Waals surface area contributed by atoms with Crippen molar-refractivity contribution in [2.24, 2.45) is 0 Å². The molecule has 3 nitrogen and oxygen atoms in total. The van der Waals surface area contributed by atoms with Crippen LogP contribution in [0.15, 0.2) is 30.5 Å². The summed E-state index contributed by atoms with van der Waals surface area (Å²) in [5, 5.41) is 5.52. The summed E-state index contributed by atoms with van der Waals surface area (Å²) >= 11 is 7.97. The summed E-state index contributed by atoms with van der Waals surface area (Å²) < 4.78 is 0. The number of nitrogens with zero attached hydrogens (tertiary/aromatic N) is 2. The molecule has 0 amide bonds. The highest BCUT2D eigenvalue weighted by Crippen LogP contribution is 2.27. The number of aryl methyl sites for hydroxylation is 1. The van der Waals surface area contributed by atoms with Crippen molar-refractivity contribution < 1.29 is 0 Å². The van der Waals surface area contributed by atoms with E-state index in [0.29, 0.717) is 6.04 Å². The maximum Gasteiger partial charge on any atom is 0.0925 e. The molecule has 6 heteroatoms. The van der Waals surface area contributed by atoms with Crippen molar-refractivity contribution in [3.63, 3.8) is 0 Å². The van der Waals surface area contributed by atoms with E-state index in [4.69, 9.17) is 11.6 Å². The Morgan fingerprint density at radius 2 is 2.32 bits per heavy atom. The molecule has 1 unspecified atom stereocenters. The Labute approximate surface area is 147 Å². The van der Waals surface area contributed by atoms with E-state index in [1.165, 1.54) is 15.4 Å². The molecule has 0 bridgehead atoms. The number of halogens is 2. The highest BCUT2D eigenvalue weighted by atomic mass is 35.5. The molecule has 22 heavy (non-hydrogen) atoms. The average molecular weight is 358 g/mol. The van der Waals surface area contributed by atoms with E-state index in [-0.39, 0.29) is 12.4 Å². The average Bonchev–Trinajstić information content (AvgIpc) is 2.95. The van der Waals surface area contributed by atoms with Crippen LogP contribution in [0.4, 0.5) is 0 Å². The molecule has 1 N–H and O–H groups in total. The second-order valence-electron chi connectivity index (χ2n) is 5.32. The summed E-state index contributed by atoms with van der Waals surface area (Å²) in [6, 6.07) is 8.59. The lowest BCUT2D eigenvalue weighted by Crippen LogP contribution is -2.45. The molecule has 120 valence electrons. The third kappa shape index (κ3) is 4.21. The topological polar surface area (TPSA) is 28.2 Å². The highest BCUT2D eigenvalue weighted by molar-refractivity contribution is 7.11. The number of piperazine rings is 1. The van der Waals surface area contributed by atoms with Crippen molar-refractivity contribution in [1.29, 1.82) is 0 Å². The van der Waals surface area contributed by atoms with E-state index >= 15 is 0 Å². The molecule has 1 fully saturated rings. The Morgan fingerprint density at radius 3 is 3.05 bits per heavy atom. The van der Waals surface area contributed by atoms with E-state index in [1.54, 1.807) is 0 Å². The van der Waals surface area contributed by atoms with Gasteiger partial charge in [-0.1, -0.05) is 30.7 Å². The quantitative estimate of drug-likeness (QED) is 0.898. The first-order valence-corrected chi connectivity index (χ1v) is 8.59. The number of benzene rings is 1. The molecular weight excluding hydrogens is 337 g/mol. The van der Waals surface area contributed by atoms with Crippen molar-refractivity contribution in [1.82, 2.24) is 15.2 Å². The van der Waals surface area contributed by atoms with Crippen LogP contribution in [0.5, 0.6) is 0 Å². The lowest BCUT2D eigenvalue weighted by molar-refractivity contribution is 0.155. The van der Waals surface area contributed by atoms with Gasteiger partial charge in [-0.15, -0.1) is 23.7 Å². The van der Waals surface area contributed by atoms with Crippen LogP contribution < -0.4 is 5.32 Å². The van der Waals surface area contributed by atoms with Crippen LogP contribution in [0, 0.1) is 0 Å². The summed E-state index contributed by atoms with van der Waals surface area (Å²) in [6.07, 6.45) is 3.05. The summed E-state index contributed by atoms with van der Waals surface area (Å²) in [5.41, 5.74) is 1.29. The van der Waals surface area contributed by atoms with Crippen LogP contribution in [0.25, 0.3) is 0 Å². The fraction of sp³-hybridized carbons (Fsp3) is 0.438. The van der Waals surface area contributed by atoms with Gasteiger partial charge in [0.1, 0.15) is 0 Å². The van der Waals surface area contributed by atoms with Crippen molar-refractivity contribution >= 4 is 35.3 Å². The minimum absolute atomic E-state index is 0. The van der Waals surface area contributed by atoms with Crippen LogP contribution in [0.3, 0.4) is 0 Å². The Bertz CT molecular complexity index is 603. The van der Waals surface area contributed by atoms with Crippen LogP contribution in [-0.4, -0.2) is 29.5 Å². The van der Waals surface area contributed by atoms with E-state index in [2.05, 4.69) is 34.3 Å². The van der Waals surface area contributed by atoms with Gasteiger partial charge in [0.2, 0.25) is 0 Å². The number of nitrogens with one attached hydrogen (secondary N) is 1. The Balaban J connectivity index is 0.00000176. The molecule has 0 radical (unpaired) electrons. The SMILES string of the molecule is CCc1ncc(CN2CCNCC2c2cccc(Cl)c2)s1.Cl. The van der Waals surface area contributed by atoms with Crippen molar-refractivity contribution in [2.45, 2.75) is 25.9 Å². The normalized spacial score (nSPS) is 18.9. The van der Waals surface area contributed by atoms with Gasteiger partial charge >= 0.3 is 0 Å². The maximum atomic E-state index is 6.15. The van der Waals surface area contributed by atoms with E-state index in [0.717, 1.165) is 37.6 Å². The Hall–Kier alpha value is -0.650. The molecule has 0 aliphatic carbocycles. The second kappa shape index (κ2) is 8.27. The summed E-state index contributed by atoms with van der Waals surface area (Å²) in [4.78, 5) is 8.34. The van der Waals surface area contributed by atoms with Gasteiger partial charge in [0.05, 0.1) is 5.01 Å². The monoisotopic (exact) mass is 357 g/mol. The second-order valence-corrected chi connectivity index (χ2v) is 6.96. The number of hydrogen-bond acceptors (Lipinski definition) is 4. The van der Waals surface area contributed by atoms with Crippen molar-refractivity contribution in [3.05, 3.63) is 50.9 Å². The molecule has 1 aromatic heterocycles. The van der Waals surface area contributed by atoms with Gasteiger partial charge in [-0.05, 0) is 24.1 Å². The molecule has 0 saturated carbocycles.